The molecule has 0 aliphatic carbocycles. The number of nitro groups is 1. The van der Waals surface area contributed by atoms with Gasteiger partial charge in [0, 0.05) is 27.1 Å². The summed E-state index contributed by atoms with van der Waals surface area (Å²) in [5.74, 6) is 1.93. The number of hydrogen-bond donors (Lipinski definition) is 0. The second kappa shape index (κ2) is 5.32. The van der Waals surface area contributed by atoms with E-state index in [4.69, 9.17) is 4.74 Å². The Morgan fingerprint density at radius 2 is 2.14 bits per heavy atom. The van der Waals surface area contributed by atoms with Crippen LogP contribution in [0.15, 0.2) is 18.2 Å². The number of aromatic nitrogens is 2. The summed E-state index contributed by atoms with van der Waals surface area (Å²) in [7, 11) is 3.45. The van der Waals surface area contributed by atoms with Gasteiger partial charge in [-0.3, -0.25) is 4.57 Å². The van der Waals surface area contributed by atoms with Gasteiger partial charge in [-0.25, -0.2) is 0 Å². The smallest absolute Gasteiger partial charge is 0.406 e. The zero-order valence-corrected chi connectivity index (χ0v) is 12.9. The van der Waals surface area contributed by atoms with Gasteiger partial charge in [0.1, 0.15) is 5.75 Å². The maximum atomic E-state index is 11.3. The van der Waals surface area contributed by atoms with Crippen molar-refractivity contribution in [2.45, 2.75) is 19.9 Å². The third kappa shape index (κ3) is 2.28. The summed E-state index contributed by atoms with van der Waals surface area (Å²) < 4.78 is 7.05. The van der Waals surface area contributed by atoms with Crippen molar-refractivity contribution < 1.29 is 9.66 Å². The van der Waals surface area contributed by atoms with E-state index in [1.165, 1.54) is 5.56 Å². The van der Waals surface area contributed by atoms with Crippen molar-refractivity contribution in [3.63, 3.8) is 0 Å². The first-order valence-electron chi connectivity index (χ1n) is 7.09. The highest BCUT2D eigenvalue weighted by Crippen LogP contribution is 2.33. The molecule has 0 unspecified atom stereocenters. The van der Waals surface area contributed by atoms with Gasteiger partial charge < -0.3 is 19.8 Å². The Hall–Kier alpha value is -2.57. The van der Waals surface area contributed by atoms with Crippen molar-refractivity contribution in [1.82, 2.24) is 9.55 Å². The average molecular weight is 302 g/mol. The van der Waals surface area contributed by atoms with Gasteiger partial charge in [0.25, 0.3) is 0 Å². The topological polar surface area (TPSA) is 73.4 Å². The molecule has 0 N–H and O–H groups in total. The minimum absolute atomic E-state index is 0.0775. The Bertz CT molecular complexity index is 739. The maximum Gasteiger partial charge on any atom is 0.406 e. The van der Waals surface area contributed by atoms with Crippen LogP contribution in [0.25, 0.3) is 0 Å². The third-order valence-corrected chi connectivity index (χ3v) is 4.17. The average Bonchev–Trinajstić information content (AvgIpc) is 2.82. The lowest BCUT2D eigenvalue weighted by Gasteiger charge is -2.30. The van der Waals surface area contributed by atoms with Crippen LogP contribution in [-0.4, -0.2) is 28.1 Å². The summed E-state index contributed by atoms with van der Waals surface area (Å²) in [5, 5.41) is 11.3. The normalized spacial score (nSPS) is 13.9. The highest BCUT2D eigenvalue weighted by Gasteiger charge is 2.30. The van der Waals surface area contributed by atoms with Crippen LogP contribution in [0, 0.1) is 17.0 Å². The highest BCUT2D eigenvalue weighted by atomic mass is 16.6. The van der Waals surface area contributed by atoms with Gasteiger partial charge >= 0.3 is 5.82 Å². The van der Waals surface area contributed by atoms with E-state index in [1.54, 1.807) is 18.6 Å². The van der Waals surface area contributed by atoms with Gasteiger partial charge in [0.05, 0.1) is 7.11 Å². The molecule has 0 fully saturated rings. The summed E-state index contributed by atoms with van der Waals surface area (Å²) in [5.41, 5.74) is 2.40. The predicted octanol–water partition coefficient (Wildman–Crippen LogP) is 2.21. The first-order chi connectivity index (χ1) is 10.5. The summed E-state index contributed by atoms with van der Waals surface area (Å²) in [6, 6.07) is 6.01. The molecule has 0 saturated heterocycles. The fourth-order valence-electron chi connectivity index (χ4n) is 2.90. The van der Waals surface area contributed by atoms with Crippen molar-refractivity contribution in [3.8, 4) is 5.75 Å². The lowest BCUT2D eigenvalue weighted by Crippen LogP contribution is -2.32. The number of nitrogens with zero attached hydrogens (tertiary/aromatic N) is 4. The van der Waals surface area contributed by atoms with Gasteiger partial charge in [0.15, 0.2) is 0 Å². The minimum atomic E-state index is -0.413. The number of rotatable bonds is 3. The number of methoxy groups -OCH3 is 1. The molecule has 0 bridgehead atoms. The number of hydrogen-bond acceptors (Lipinski definition) is 5. The molecular formula is C15H18N4O3. The van der Waals surface area contributed by atoms with E-state index < -0.39 is 4.92 Å². The second-order valence-corrected chi connectivity index (χ2v) is 5.43. The highest BCUT2D eigenvalue weighted by molar-refractivity contribution is 5.57. The molecule has 2 aromatic rings. The zero-order valence-electron chi connectivity index (χ0n) is 12.9. The molecule has 0 atom stereocenters. The van der Waals surface area contributed by atoms with Crippen LogP contribution < -0.4 is 9.64 Å². The molecule has 116 valence electrons. The Morgan fingerprint density at radius 3 is 2.82 bits per heavy atom. The van der Waals surface area contributed by atoms with Crippen molar-refractivity contribution >= 4 is 11.6 Å². The molecule has 22 heavy (non-hydrogen) atoms. The first-order valence-corrected chi connectivity index (χ1v) is 7.09. The van der Waals surface area contributed by atoms with E-state index in [9.17, 15) is 10.1 Å². The Balaban J connectivity index is 1.99. The molecule has 0 radical (unpaired) electrons. The third-order valence-electron chi connectivity index (χ3n) is 4.17. The lowest BCUT2D eigenvalue weighted by molar-refractivity contribution is -0.388. The summed E-state index contributed by atoms with van der Waals surface area (Å²) in [4.78, 5) is 16.9. The van der Waals surface area contributed by atoms with Gasteiger partial charge in [0.2, 0.25) is 11.6 Å². The Kier molecular flexibility index (Phi) is 3.48. The predicted molar refractivity (Wildman–Crippen MR) is 82.3 cm³/mol. The van der Waals surface area contributed by atoms with Crippen LogP contribution in [-0.2, 0) is 20.0 Å². The number of benzene rings is 1. The molecule has 0 amide bonds. The molecule has 1 aromatic carbocycles. The molecule has 3 rings (SSSR count). The molecule has 0 spiro atoms. The van der Waals surface area contributed by atoms with Gasteiger partial charge in [-0.05, 0) is 39.6 Å². The Morgan fingerprint density at radius 1 is 1.36 bits per heavy atom. The molecule has 1 aromatic heterocycles. The first kappa shape index (κ1) is 14.4. The SMILES string of the molecule is COc1ccc2c(c1)CN(c1c([N+](=O)[O-])nc(C)n1C)CC2. The summed E-state index contributed by atoms with van der Waals surface area (Å²) >= 11 is 0. The molecule has 2 heterocycles. The van der Waals surface area contributed by atoms with E-state index in [0.29, 0.717) is 18.2 Å². The Labute approximate surface area is 128 Å². The molecule has 7 heteroatoms. The number of imidazole rings is 1. The van der Waals surface area contributed by atoms with E-state index in [2.05, 4.69) is 11.1 Å². The largest absolute Gasteiger partial charge is 0.497 e. The van der Waals surface area contributed by atoms with Crippen molar-refractivity contribution in [1.29, 1.82) is 0 Å². The summed E-state index contributed by atoms with van der Waals surface area (Å²) in [6.45, 7) is 3.13. The van der Waals surface area contributed by atoms with Crippen LogP contribution in [0.5, 0.6) is 5.75 Å². The fraction of sp³-hybridized carbons (Fsp3) is 0.400. The van der Waals surface area contributed by atoms with Crippen LogP contribution in [0.2, 0.25) is 0 Å². The van der Waals surface area contributed by atoms with E-state index >= 15 is 0 Å². The fourth-order valence-corrected chi connectivity index (χ4v) is 2.90. The van der Waals surface area contributed by atoms with Crippen molar-refractivity contribution in [2.75, 3.05) is 18.6 Å². The number of fused-ring (bicyclic) bond motifs is 1. The van der Waals surface area contributed by atoms with Crippen LogP contribution in [0.1, 0.15) is 17.0 Å². The number of ether oxygens (including phenoxy) is 1. The van der Waals surface area contributed by atoms with Gasteiger partial charge in [-0.2, -0.15) is 0 Å². The molecule has 1 aliphatic rings. The monoisotopic (exact) mass is 302 g/mol. The molecule has 7 nitrogen and oxygen atoms in total. The van der Waals surface area contributed by atoms with E-state index in [1.807, 2.05) is 24.1 Å². The number of anilines is 1. The van der Waals surface area contributed by atoms with Crippen LogP contribution in [0.4, 0.5) is 11.6 Å². The number of aryl methyl sites for hydroxylation is 1. The molecule has 1 aliphatic heterocycles. The standard InChI is InChI=1S/C15H18N4O3/c1-10-16-14(19(20)21)15(17(10)2)18-7-6-11-4-5-13(22-3)8-12(11)9-18/h4-5,8H,6-7,9H2,1-3H3. The molecule has 0 saturated carbocycles. The zero-order chi connectivity index (χ0) is 15.9. The van der Waals surface area contributed by atoms with E-state index in [0.717, 1.165) is 24.3 Å². The van der Waals surface area contributed by atoms with Crippen molar-refractivity contribution in [3.05, 3.63) is 45.3 Å². The summed E-state index contributed by atoms with van der Waals surface area (Å²) in [6.07, 6.45) is 0.848. The van der Waals surface area contributed by atoms with Gasteiger partial charge in [-0.1, -0.05) is 6.07 Å². The second-order valence-electron chi connectivity index (χ2n) is 5.43. The molecular weight excluding hydrogens is 284 g/mol. The minimum Gasteiger partial charge on any atom is -0.497 e. The quantitative estimate of drug-likeness (QED) is 0.642. The van der Waals surface area contributed by atoms with Crippen LogP contribution in [0.3, 0.4) is 0 Å². The van der Waals surface area contributed by atoms with Crippen molar-refractivity contribution in [2.24, 2.45) is 7.05 Å². The van der Waals surface area contributed by atoms with Gasteiger partial charge in [-0.15, -0.1) is 0 Å². The maximum absolute atomic E-state index is 11.3. The lowest BCUT2D eigenvalue weighted by atomic mass is 9.99. The van der Waals surface area contributed by atoms with E-state index in [-0.39, 0.29) is 5.82 Å². The van der Waals surface area contributed by atoms with Crippen LogP contribution >= 0.6 is 0 Å².